The Bertz CT molecular complexity index is 656. The van der Waals surface area contributed by atoms with Crippen LogP contribution in [0, 0.1) is 0 Å². The van der Waals surface area contributed by atoms with Gasteiger partial charge in [-0.15, -0.1) is 0 Å². The van der Waals surface area contributed by atoms with Gasteiger partial charge in [0.2, 0.25) is 0 Å². The Morgan fingerprint density at radius 3 is 2.61 bits per heavy atom. The third-order valence-corrected chi connectivity index (χ3v) is 3.00. The molecule has 0 fully saturated rings. The zero-order valence-corrected chi connectivity index (χ0v) is 10.3. The first-order valence-corrected chi connectivity index (χ1v) is 6.06. The molecular weight excluding hydrogens is 222 g/mol. The molecule has 0 spiro atoms. The van der Waals surface area contributed by atoms with Gasteiger partial charge in [-0.25, -0.2) is 4.98 Å². The summed E-state index contributed by atoms with van der Waals surface area (Å²) in [4.78, 5) is 4.75. The molecule has 3 heteroatoms. The fourth-order valence-corrected chi connectivity index (χ4v) is 2.19. The molecule has 2 aromatic heterocycles. The lowest BCUT2D eigenvalue weighted by Crippen LogP contribution is -2.05. The third-order valence-electron chi connectivity index (χ3n) is 3.00. The average molecular weight is 237 g/mol. The second-order valence-corrected chi connectivity index (χ2v) is 4.23. The topological polar surface area (TPSA) is 29.3 Å². The number of hydrogen-bond donors (Lipinski definition) is 1. The van der Waals surface area contributed by atoms with E-state index in [1.54, 1.807) is 0 Å². The van der Waals surface area contributed by atoms with Crippen LogP contribution in [0.3, 0.4) is 0 Å². The van der Waals surface area contributed by atoms with Crippen molar-refractivity contribution in [1.29, 1.82) is 0 Å². The van der Waals surface area contributed by atoms with Gasteiger partial charge in [-0.3, -0.25) is 4.40 Å². The first-order chi connectivity index (χ1) is 8.90. The molecule has 0 aliphatic rings. The van der Waals surface area contributed by atoms with E-state index in [0.717, 1.165) is 29.1 Å². The number of rotatable bonds is 3. The average Bonchev–Trinajstić information content (AvgIpc) is 2.80. The molecule has 0 saturated carbocycles. The molecule has 2 heterocycles. The van der Waals surface area contributed by atoms with Gasteiger partial charge in [0.15, 0.2) is 0 Å². The summed E-state index contributed by atoms with van der Waals surface area (Å²) < 4.78 is 2.14. The minimum atomic E-state index is 0.778. The van der Waals surface area contributed by atoms with E-state index in [1.807, 2.05) is 37.4 Å². The van der Waals surface area contributed by atoms with Crippen LogP contribution < -0.4 is 5.32 Å². The van der Waals surface area contributed by atoms with Crippen molar-refractivity contribution < 1.29 is 0 Å². The third kappa shape index (κ3) is 1.79. The molecule has 0 saturated heterocycles. The maximum atomic E-state index is 4.75. The predicted molar refractivity (Wildman–Crippen MR) is 73.4 cm³/mol. The molecule has 0 aliphatic carbocycles. The maximum Gasteiger partial charge on any atom is 0.144 e. The normalized spacial score (nSPS) is 10.9. The maximum absolute atomic E-state index is 4.75. The number of nitrogens with zero attached hydrogens (tertiary/aromatic N) is 2. The van der Waals surface area contributed by atoms with Gasteiger partial charge in [0.05, 0.1) is 11.2 Å². The highest BCUT2D eigenvalue weighted by Crippen LogP contribution is 2.22. The van der Waals surface area contributed by atoms with Crippen LogP contribution in [0.4, 0.5) is 0 Å². The number of pyridine rings is 1. The minimum absolute atomic E-state index is 0.778. The molecule has 0 amide bonds. The molecule has 3 aromatic rings. The lowest BCUT2D eigenvalue weighted by molar-refractivity contribution is 0.803. The quantitative estimate of drug-likeness (QED) is 0.759. The SMILES string of the molecule is CNCc1nc(-c2ccccc2)n2ccccc12. The number of hydrogen-bond acceptors (Lipinski definition) is 2. The molecule has 0 radical (unpaired) electrons. The molecule has 3 rings (SSSR count). The van der Waals surface area contributed by atoms with Crippen LogP contribution in [0.1, 0.15) is 5.69 Å². The smallest absolute Gasteiger partial charge is 0.144 e. The predicted octanol–water partition coefficient (Wildman–Crippen LogP) is 2.72. The van der Waals surface area contributed by atoms with Crippen LogP contribution in [-0.2, 0) is 6.54 Å². The fraction of sp³-hybridized carbons (Fsp3) is 0.133. The highest BCUT2D eigenvalue weighted by molar-refractivity contribution is 5.65. The zero-order valence-electron chi connectivity index (χ0n) is 10.3. The second kappa shape index (κ2) is 4.63. The lowest BCUT2D eigenvalue weighted by Gasteiger charge is -2.00. The van der Waals surface area contributed by atoms with E-state index < -0.39 is 0 Å². The Labute approximate surface area is 106 Å². The highest BCUT2D eigenvalue weighted by Gasteiger charge is 2.10. The van der Waals surface area contributed by atoms with Gasteiger partial charge < -0.3 is 5.32 Å². The van der Waals surface area contributed by atoms with Crippen LogP contribution in [0.5, 0.6) is 0 Å². The number of imidazole rings is 1. The van der Waals surface area contributed by atoms with E-state index in [4.69, 9.17) is 4.98 Å². The molecule has 1 aromatic carbocycles. The summed E-state index contributed by atoms with van der Waals surface area (Å²) in [5, 5.41) is 3.17. The number of aromatic nitrogens is 2. The monoisotopic (exact) mass is 237 g/mol. The van der Waals surface area contributed by atoms with E-state index in [9.17, 15) is 0 Å². The van der Waals surface area contributed by atoms with Gasteiger partial charge >= 0.3 is 0 Å². The van der Waals surface area contributed by atoms with Gasteiger partial charge in [-0.1, -0.05) is 36.4 Å². The molecule has 0 unspecified atom stereocenters. The summed E-state index contributed by atoms with van der Waals surface area (Å²) in [7, 11) is 1.94. The van der Waals surface area contributed by atoms with E-state index in [1.165, 1.54) is 0 Å². The first kappa shape index (κ1) is 11.0. The van der Waals surface area contributed by atoms with E-state index in [2.05, 4.69) is 34.1 Å². The van der Waals surface area contributed by atoms with Crippen molar-refractivity contribution in [2.45, 2.75) is 6.54 Å². The van der Waals surface area contributed by atoms with Crippen LogP contribution in [-0.4, -0.2) is 16.4 Å². The van der Waals surface area contributed by atoms with E-state index in [-0.39, 0.29) is 0 Å². The highest BCUT2D eigenvalue weighted by atomic mass is 15.0. The Morgan fingerprint density at radius 2 is 1.83 bits per heavy atom. The Morgan fingerprint density at radius 1 is 1.06 bits per heavy atom. The van der Waals surface area contributed by atoms with Gasteiger partial charge in [-0.05, 0) is 19.2 Å². The fourth-order valence-electron chi connectivity index (χ4n) is 2.19. The Balaban J connectivity index is 2.24. The van der Waals surface area contributed by atoms with Gasteiger partial charge in [0.25, 0.3) is 0 Å². The summed E-state index contributed by atoms with van der Waals surface area (Å²) in [6, 6.07) is 16.5. The van der Waals surface area contributed by atoms with Gasteiger partial charge in [0, 0.05) is 18.3 Å². The first-order valence-electron chi connectivity index (χ1n) is 6.06. The second-order valence-electron chi connectivity index (χ2n) is 4.23. The largest absolute Gasteiger partial charge is 0.314 e. The van der Waals surface area contributed by atoms with Crippen molar-refractivity contribution in [1.82, 2.24) is 14.7 Å². The number of benzene rings is 1. The van der Waals surface area contributed by atoms with Gasteiger partial charge in [-0.2, -0.15) is 0 Å². The summed E-state index contributed by atoms with van der Waals surface area (Å²) in [6.45, 7) is 0.778. The minimum Gasteiger partial charge on any atom is -0.314 e. The van der Waals surface area contributed by atoms with Crippen molar-refractivity contribution in [3.05, 3.63) is 60.4 Å². The summed E-state index contributed by atoms with van der Waals surface area (Å²) >= 11 is 0. The van der Waals surface area contributed by atoms with Crippen molar-refractivity contribution >= 4 is 5.52 Å². The molecule has 3 nitrogen and oxygen atoms in total. The molecule has 0 bridgehead atoms. The lowest BCUT2D eigenvalue weighted by atomic mass is 10.2. The molecular formula is C15H15N3. The summed E-state index contributed by atoms with van der Waals surface area (Å²) in [5.74, 6) is 0.997. The Kier molecular flexibility index (Phi) is 2.82. The molecule has 1 N–H and O–H groups in total. The summed E-state index contributed by atoms with van der Waals surface area (Å²) in [6.07, 6.45) is 2.06. The standard InChI is InChI=1S/C15H15N3/c1-16-11-13-14-9-5-6-10-18(14)15(17-13)12-7-3-2-4-8-12/h2-10,16H,11H2,1H3. The van der Waals surface area contributed by atoms with Crippen molar-refractivity contribution in [2.24, 2.45) is 0 Å². The van der Waals surface area contributed by atoms with Gasteiger partial charge in [0.1, 0.15) is 5.82 Å². The van der Waals surface area contributed by atoms with Crippen LogP contribution >= 0.6 is 0 Å². The molecule has 90 valence electrons. The van der Waals surface area contributed by atoms with Crippen molar-refractivity contribution in [3.8, 4) is 11.4 Å². The van der Waals surface area contributed by atoms with E-state index >= 15 is 0 Å². The van der Waals surface area contributed by atoms with Crippen LogP contribution in [0.25, 0.3) is 16.9 Å². The number of nitrogens with one attached hydrogen (secondary N) is 1. The Hall–Kier alpha value is -2.13. The molecule has 18 heavy (non-hydrogen) atoms. The summed E-state index contributed by atoms with van der Waals surface area (Å²) in [5.41, 5.74) is 3.38. The van der Waals surface area contributed by atoms with Crippen molar-refractivity contribution in [3.63, 3.8) is 0 Å². The molecule has 0 aliphatic heterocycles. The zero-order chi connectivity index (χ0) is 12.4. The van der Waals surface area contributed by atoms with Crippen molar-refractivity contribution in [2.75, 3.05) is 7.05 Å². The van der Waals surface area contributed by atoms with Crippen LogP contribution in [0.15, 0.2) is 54.7 Å². The van der Waals surface area contributed by atoms with Crippen LogP contribution in [0.2, 0.25) is 0 Å². The van der Waals surface area contributed by atoms with E-state index in [0.29, 0.717) is 0 Å². The molecule has 0 atom stereocenters. The number of fused-ring (bicyclic) bond motifs is 1.